The highest BCUT2D eigenvalue weighted by atomic mass is 32.1. The first kappa shape index (κ1) is 17.1. The van der Waals surface area contributed by atoms with Gasteiger partial charge in [0, 0.05) is 32.6 Å². The summed E-state index contributed by atoms with van der Waals surface area (Å²) in [5.74, 6) is 1.15. The molecule has 5 nitrogen and oxygen atoms in total. The minimum absolute atomic E-state index is 0.0768. The Labute approximate surface area is 157 Å². The van der Waals surface area contributed by atoms with Crippen LogP contribution in [0, 0.1) is 0 Å². The molecule has 2 aromatic rings. The lowest BCUT2D eigenvalue weighted by atomic mass is 10.1. The molecule has 1 fully saturated rings. The van der Waals surface area contributed by atoms with Crippen molar-refractivity contribution >= 4 is 23.2 Å². The molecule has 0 radical (unpaired) electrons. The second kappa shape index (κ2) is 7.50. The van der Waals surface area contributed by atoms with Crippen LogP contribution in [0.3, 0.4) is 0 Å². The molecule has 1 aromatic carbocycles. The molecule has 0 atom stereocenters. The molecule has 2 aliphatic heterocycles. The van der Waals surface area contributed by atoms with Crippen molar-refractivity contribution < 1.29 is 14.3 Å². The standard InChI is InChI=1S/C20H22N2O3S/c23-19(14-15-4-5-17-16(13-15)6-11-25-17)21-7-2-8-22(10-9-21)20(24)18-3-1-12-26-18/h1,3-5,12-13H,2,6-11,14H2. The van der Waals surface area contributed by atoms with E-state index in [9.17, 15) is 9.59 Å². The first-order chi connectivity index (χ1) is 12.7. The fourth-order valence-electron chi connectivity index (χ4n) is 3.56. The van der Waals surface area contributed by atoms with Crippen LogP contribution < -0.4 is 4.74 Å². The van der Waals surface area contributed by atoms with E-state index < -0.39 is 0 Å². The van der Waals surface area contributed by atoms with Crippen molar-refractivity contribution in [2.45, 2.75) is 19.3 Å². The molecule has 0 unspecified atom stereocenters. The van der Waals surface area contributed by atoms with Gasteiger partial charge in [0.15, 0.2) is 0 Å². The fourth-order valence-corrected chi connectivity index (χ4v) is 4.25. The van der Waals surface area contributed by atoms with Gasteiger partial charge < -0.3 is 14.5 Å². The van der Waals surface area contributed by atoms with E-state index >= 15 is 0 Å². The number of carbonyl (C=O) groups is 2. The van der Waals surface area contributed by atoms with Gasteiger partial charge in [-0.2, -0.15) is 0 Å². The molecule has 0 N–H and O–H groups in total. The number of hydrogen-bond donors (Lipinski definition) is 0. The highest BCUT2D eigenvalue weighted by Crippen LogP contribution is 2.26. The van der Waals surface area contributed by atoms with E-state index in [1.807, 2.05) is 39.4 Å². The van der Waals surface area contributed by atoms with E-state index in [0.29, 0.717) is 32.6 Å². The van der Waals surface area contributed by atoms with Crippen LogP contribution >= 0.6 is 11.3 Å². The topological polar surface area (TPSA) is 49.9 Å². The number of rotatable bonds is 3. The van der Waals surface area contributed by atoms with Crippen LogP contribution in [-0.4, -0.2) is 54.4 Å². The summed E-state index contributed by atoms with van der Waals surface area (Å²) in [6.07, 6.45) is 2.15. The van der Waals surface area contributed by atoms with Gasteiger partial charge in [-0.15, -0.1) is 11.3 Å². The molecule has 0 aliphatic carbocycles. The summed E-state index contributed by atoms with van der Waals surface area (Å²) in [6, 6.07) is 9.79. The van der Waals surface area contributed by atoms with Gasteiger partial charge in [-0.05, 0) is 35.1 Å². The number of hydrogen-bond acceptors (Lipinski definition) is 4. The van der Waals surface area contributed by atoms with Crippen LogP contribution in [0.2, 0.25) is 0 Å². The molecule has 0 bridgehead atoms. The molecule has 3 heterocycles. The van der Waals surface area contributed by atoms with Crippen molar-refractivity contribution in [3.63, 3.8) is 0 Å². The summed E-state index contributed by atoms with van der Waals surface area (Å²) >= 11 is 1.47. The van der Waals surface area contributed by atoms with Crippen LogP contribution in [0.25, 0.3) is 0 Å². The first-order valence-corrected chi connectivity index (χ1v) is 9.94. The average Bonchev–Trinajstić information content (AvgIpc) is 3.28. The van der Waals surface area contributed by atoms with Crippen LogP contribution in [-0.2, 0) is 17.6 Å². The molecule has 0 saturated carbocycles. The van der Waals surface area contributed by atoms with E-state index in [4.69, 9.17) is 4.74 Å². The second-order valence-electron chi connectivity index (χ2n) is 6.72. The smallest absolute Gasteiger partial charge is 0.263 e. The van der Waals surface area contributed by atoms with E-state index in [2.05, 4.69) is 6.07 Å². The second-order valence-corrected chi connectivity index (χ2v) is 7.67. The van der Waals surface area contributed by atoms with Crippen molar-refractivity contribution in [3.05, 3.63) is 51.7 Å². The van der Waals surface area contributed by atoms with E-state index in [0.717, 1.165) is 35.6 Å². The zero-order valence-corrected chi connectivity index (χ0v) is 15.5. The highest BCUT2D eigenvalue weighted by molar-refractivity contribution is 7.12. The summed E-state index contributed by atoms with van der Waals surface area (Å²) in [4.78, 5) is 29.8. The van der Waals surface area contributed by atoms with Gasteiger partial charge in [0.25, 0.3) is 5.91 Å². The monoisotopic (exact) mass is 370 g/mol. The Bertz CT molecular complexity index is 803. The molecule has 6 heteroatoms. The number of thiophene rings is 1. The van der Waals surface area contributed by atoms with Gasteiger partial charge in [0.1, 0.15) is 5.75 Å². The lowest BCUT2D eigenvalue weighted by Crippen LogP contribution is -2.37. The number of amides is 2. The number of fused-ring (bicyclic) bond motifs is 1. The molecular formula is C20H22N2O3S. The van der Waals surface area contributed by atoms with Crippen LogP contribution in [0.1, 0.15) is 27.2 Å². The van der Waals surface area contributed by atoms with Gasteiger partial charge in [-0.25, -0.2) is 0 Å². The highest BCUT2D eigenvalue weighted by Gasteiger charge is 2.23. The third-order valence-corrected chi connectivity index (χ3v) is 5.83. The third-order valence-electron chi connectivity index (χ3n) is 4.98. The summed E-state index contributed by atoms with van der Waals surface area (Å²) < 4.78 is 5.52. The summed E-state index contributed by atoms with van der Waals surface area (Å²) in [6.45, 7) is 3.34. The number of ether oxygens (including phenoxy) is 1. The Kier molecular flexibility index (Phi) is 4.93. The summed E-state index contributed by atoms with van der Waals surface area (Å²) in [7, 11) is 0. The minimum atomic E-state index is 0.0768. The maximum atomic E-state index is 12.7. The van der Waals surface area contributed by atoms with Crippen molar-refractivity contribution in [1.82, 2.24) is 9.80 Å². The molecule has 4 rings (SSSR count). The van der Waals surface area contributed by atoms with Crippen LogP contribution in [0.4, 0.5) is 0 Å². The average molecular weight is 370 g/mol. The zero-order valence-electron chi connectivity index (χ0n) is 14.6. The van der Waals surface area contributed by atoms with Gasteiger partial charge >= 0.3 is 0 Å². The molecule has 0 spiro atoms. The number of carbonyl (C=O) groups excluding carboxylic acids is 2. The lowest BCUT2D eigenvalue weighted by molar-refractivity contribution is -0.130. The quantitative estimate of drug-likeness (QED) is 0.834. The lowest BCUT2D eigenvalue weighted by Gasteiger charge is -2.22. The van der Waals surface area contributed by atoms with Gasteiger partial charge in [0.2, 0.25) is 5.91 Å². The Morgan fingerprint density at radius 2 is 1.92 bits per heavy atom. The zero-order chi connectivity index (χ0) is 17.9. The predicted molar refractivity (Wildman–Crippen MR) is 101 cm³/mol. The summed E-state index contributed by atoms with van der Waals surface area (Å²) in [5.41, 5.74) is 2.23. The Morgan fingerprint density at radius 3 is 2.77 bits per heavy atom. The Hall–Kier alpha value is -2.34. The maximum absolute atomic E-state index is 12.7. The largest absolute Gasteiger partial charge is 0.493 e. The van der Waals surface area contributed by atoms with Crippen LogP contribution in [0.5, 0.6) is 5.75 Å². The van der Waals surface area contributed by atoms with Crippen LogP contribution in [0.15, 0.2) is 35.7 Å². The molecule has 136 valence electrons. The van der Waals surface area contributed by atoms with Crippen molar-refractivity contribution in [2.24, 2.45) is 0 Å². The van der Waals surface area contributed by atoms with Gasteiger partial charge in [-0.1, -0.05) is 18.2 Å². The van der Waals surface area contributed by atoms with E-state index in [1.54, 1.807) is 0 Å². The molecule has 1 aromatic heterocycles. The van der Waals surface area contributed by atoms with Gasteiger partial charge in [0.05, 0.1) is 17.9 Å². The Balaban J connectivity index is 1.36. The maximum Gasteiger partial charge on any atom is 0.263 e. The predicted octanol–water partition coefficient (Wildman–Crippen LogP) is 2.60. The normalized spacial score (nSPS) is 16.8. The van der Waals surface area contributed by atoms with Crippen molar-refractivity contribution in [1.29, 1.82) is 0 Å². The first-order valence-electron chi connectivity index (χ1n) is 9.06. The fraction of sp³-hybridized carbons (Fsp3) is 0.400. The van der Waals surface area contributed by atoms with Gasteiger partial charge in [-0.3, -0.25) is 9.59 Å². The molecule has 2 aliphatic rings. The molecule has 1 saturated heterocycles. The van der Waals surface area contributed by atoms with Crippen molar-refractivity contribution in [2.75, 3.05) is 32.8 Å². The molecule has 2 amide bonds. The van der Waals surface area contributed by atoms with Crippen molar-refractivity contribution in [3.8, 4) is 5.75 Å². The Morgan fingerprint density at radius 1 is 1.08 bits per heavy atom. The SMILES string of the molecule is O=C(Cc1ccc2c(c1)CCO2)N1CCCN(C(=O)c2cccs2)CC1. The van der Waals surface area contributed by atoms with E-state index in [-0.39, 0.29) is 11.8 Å². The summed E-state index contributed by atoms with van der Waals surface area (Å²) in [5, 5.41) is 1.92. The number of nitrogens with zero attached hydrogens (tertiary/aromatic N) is 2. The third kappa shape index (κ3) is 3.60. The molecule has 26 heavy (non-hydrogen) atoms. The number of benzene rings is 1. The minimum Gasteiger partial charge on any atom is -0.493 e. The molecular weight excluding hydrogens is 348 g/mol. The van der Waals surface area contributed by atoms with E-state index in [1.165, 1.54) is 16.9 Å².